The molecule has 0 radical (unpaired) electrons. The van der Waals surface area contributed by atoms with Crippen LogP contribution in [0.5, 0.6) is 5.75 Å². The van der Waals surface area contributed by atoms with Crippen LogP contribution in [0.3, 0.4) is 0 Å². The smallest absolute Gasteiger partial charge is 0.278 e. The Hall–Kier alpha value is -3.27. The third-order valence-electron chi connectivity index (χ3n) is 6.25. The van der Waals surface area contributed by atoms with Crippen molar-refractivity contribution < 1.29 is 23.0 Å². The standard InChI is InChI=1S/C21H19F2N5O3/c22-20(23)21-10-14(21)12-8-15(16(9-17(12)31-21)27-4-6-30-7-5-27)26-19(29)13-11-25-28-3-1-2-24-18(13)28/h1-3,8-9,11,14,20H,4-7,10H2,(H,26,29)/t14?,21-/m0/s1. The second-order valence-corrected chi connectivity index (χ2v) is 8.02. The maximum atomic E-state index is 13.6. The van der Waals surface area contributed by atoms with Crippen LogP contribution in [0.2, 0.25) is 0 Å². The van der Waals surface area contributed by atoms with Crippen molar-refractivity contribution in [3.8, 4) is 5.75 Å². The first kappa shape index (κ1) is 18.5. The third-order valence-corrected chi connectivity index (χ3v) is 6.25. The highest BCUT2D eigenvalue weighted by Gasteiger charge is 2.69. The molecule has 8 nitrogen and oxygen atoms in total. The summed E-state index contributed by atoms with van der Waals surface area (Å²) < 4.78 is 39.9. The summed E-state index contributed by atoms with van der Waals surface area (Å²) in [4.78, 5) is 19.4. The van der Waals surface area contributed by atoms with Gasteiger partial charge in [-0.3, -0.25) is 4.79 Å². The third kappa shape index (κ3) is 2.78. The first-order valence-corrected chi connectivity index (χ1v) is 10.1. The van der Waals surface area contributed by atoms with E-state index >= 15 is 0 Å². The fourth-order valence-corrected chi connectivity index (χ4v) is 4.53. The summed E-state index contributed by atoms with van der Waals surface area (Å²) in [5.74, 6) is -0.248. The zero-order valence-corrected chi connectivity index (χ0v) is 16.4. The van der Waals surface area contributed by atoms with Crippen LogP contribution in [0.25, 0.3) is 5.65 Å². The van der Waals surface area contributed by atoms with Crippen molar-refractivity contribution in [3.05, 3.63) is 47.9 Å². The predicted molar refractivity (Wildman–Crippen MR) is 107 cm³/mol. The van der Waals surface area contributed by atoms with Gasteiger partial charge in [0.05, 0.1) is 30.8 Å². The molecule has 1 aromatic carbocycles. The number of halogens is 2. The van der Waals surface area contributed by atoms with Gasteiger partial charge in [-0.05, 0) is 12.1 Å². The number of aromatic nitrogens is 3. The Balaban J connectivity index is 1.38. The molecule has 1 saturated heterocycles. The van der Waals surface area contributed by atoms with E-state index in [4.69, 9.17) is 9.47 Å². The normalized spacial score (nSPS) is 24.1. The maximum absolute atomic E-state index is 13.6. The number of ether oxygens (including phenoxy) is 2. The van der Waals surface area contributed by atoms with Gasteiger partial charge in [0.1, 0.15) is 11.3 Å². The lowest BCUT2D eigenvalue weighted by molar-refractivity contribution is -0.00204. The second kappa shape index (κ2) is 6.61. The van der Waals surface area contributed by atoms with Crippen molar-refractivity contribution in [2.45, 2.75) is 24.4 Å². The molecule has 6 rings (SSSR count). The highest BCUT2D eigenvalue weighted by molar-refractivity contribution is 6.09. The Morgan fingerprint density at radius 1 is 1.29 bits per heavy atom. The Morgan fingerprint density at radius 3 is 2.94 bits per heavy atom. The predicted octanol–water partition coefficient (Wildman–Crippen LogP) is 2.70. The number of carbonyl (C=O) groups excluding carboxylic acids is 1. The zero-order valence-electron chi connectivity index (χ0n) is 16.4. The summed E-state index contributed by atoms with van der Waals surface area (Å²) in [6, 6.07) is 5.27. The van der Waals surface area contributed by atoms with Crippen molar-refractivity contribution in [1.29, 1.82) is 0 Å². The van der Waals surface area contributed by atoms with Crippen LogP contribution in [0.15, 0.2) is 36.8 Å². The van der Waals surface area contributed by atoms with Gasteiger partial charge in [0.15, 0.2) is 11.2 Å². The Kier molecular flexibility index (Phi) is 3.95. The van der Waals surface area contributed by atoms with E-state index in [0.29, 0.717) is 60.9 Å². The van der Waals surface area contributed by atoms with Gasteiger partial charge in [0.25, 0.3) is 12.3 Å². The minimum atomic E-state index is -2.56. The van der Waals surface area contributed by atoms with Crippen molar-refractivity contribution in [1.82, 2.24) is 14.6 Å². The number of hydrogen-bond donors (Lipinski definition) is 1. The molecule has 10 heteroatoms. The number of carbonyl (C=O) groups is 1. The summed E-state index contributed by atoms with van der Waals surface area (Å²) in [5.41, 5.74) is 1.35. The van der Waals surface area contributed by atoms with Gasteiger partial charge in [-0.2, -0.15) is 5.10 Å². The Bertz CT molecular complexity index is 1190. The fraction of sp³-hybridized carbons (Fsp3) is 0.381. The average Bonchev–Trinajstić information content (AvgIpc) is 3.21. The molecule has 1 unspecified atom stereocenters. The van der Waals surface area contributed by atoms with Crippen LogP contribution in [-0.4, -0.2) is 58.8 Å². The molecular weight excluding hydrogens is 408 g/mol. The number of fused-ring (bicyclic) bond motifs is 4. The number of amides is 1. The van der Waals surface area contributed by atoms with Crippen LogP contribution in [0.4, 0.5) is 20.2 Å². The van der Waals surface area contributed by atoms with E-state index in [9.17, 15) is 13.6 Å². The van der Waals surface area contributed by atoms with Crippen LogP contribution in [-0.2, 0) is 4.74 Å². The number of benzene rings is 1. The second-order valence-electron chi connectivity index (χ2n) is 8.02. The molecule has 2 atom stereocenters. The molecule has 1 aliphatic carbocycles. The number of rotatable bonds is 4. The van der Waals surface area contributed by atoms with Crippen LogP contribution >= 0.6 is 0 Å². The molecule has 2 fully saturated rings. The molecule has 2 aromatic heterocycles. The number of alkyl halides is 2. The van der Waals surface area contributed by atoms with E-state index in [1.54, 1.807) is 30.6 Å². The van der Waals surface area contributed by atoms with E-state index < -0.39 is 12.0 Å². The summed E-state index contributed by atoms with van der Waals surface area (Å²) in [6.07, 6.45) is 2.50. The van der Waals surface area contributed by atoms with Gasteiger partial charge in [0.2, 0.25) is 0 Å². The van der Waals surface area contributed by atoms with Gasteiger partial charge in [-0.1, -0.05) is 0 Å². The first-order valence-electron chi connectivity index (χ1n) is 10.1. The van der Waals surface area contributed by atoms with Crippen LogP contribution in [0, 0.1) is 0 Å². The highest BCUT2D eigenvalue weighted by atomic mass is 19.3. The lowest BCUT2D eigenvalue weighted by Gasteiger charge is -2.31. The topological polar surface area (TPSA) is 81.0 Å². The summed E-state index contributed by atoms with van der Waals surface area (Å²) in [5, 5.41) is 7.12. The molecule has 4 heterocycles. The fourth-order valence-electron chi connectivity index (χ4n) is 4.53. The van der Waals surface area contributed by atoms with Crippen LogP contribution < -0.4 is 15.0 Å². The highest BCUT2D eigenvalue weighted by Crippen LogP contribution is 2.65. The average molecular weight is 427 g/mol. The van der Waals surface area contributed by atoms with E-state index in [1.165, 1.54) is 10.7 Å². The summed E-state index contributed by atoms with van der Waals surface area (Å²) >= 11 is 0. The summed E-state index contributed by atoms with van der Waals surface area (Å²) in [7, 11) is 0. The quantitative estimate of drug-likeness (QED) is 0.690. The number of nitrogens with one attached hydrogen (secondary N) is 1. The molecule has 3 aliphatic rings. The number of nitrogens with zero attached hydrogens (tertiary/aromatic N) is 4. The molecule has 0 spiro atoms. The van der Waals surface area contributed by atoms with Gasteiger partial charge in [-0.25, -0.2) is 18.3 Å². The molecule has 1 N–H and O–H groups in total. The van der Waals surface area contributed by atoms with Gasteiger partial charge >= 0.3 is 0 Å². The molecule has 31 heavy (non-hydrogen) atoms. The van der Waals surface area contributed by atoms with Crippen LogP contribution in [0.1, 0.15) is 28.3 Å². The van der Waals surface area contributed by atoms with E-state index in [-0.39, 0.29) is 11.8 Å². The summed E-state index contributed by atoms with van der Waals surface area (Å²) in [6.45, 7) is 2.35. The monoisotopic (exact) mass is 427 g/mol. The number of morpholine rings is 1. The minimum Gasteiger partial charge on any atom is -0.480 e. The minimum absolute atomic E-state index is 0.292. The van der Waals surface area contributed by atoms with Gasteiger partial charge in [-0.15, -0.1) is 0 Å². The number of hydrogen-bond acceptors (Lipinski definition) is 6. The van der Waals surface area contributed by atoms with Crippen molar-refractivity contribution in [2.75, 3.05) is 36.5 Å². The Morgan fingerprint density at radius 2 is 2.13 bits per heavy atom. The molecule has 1 saturated carbocycles. The first-order chi connectivity index (χ1) is 15.1. The zero-order chi connectivity index (χ0) is 21.2. The van der Waals surface area contributed by atoms with Crippen molar-refractivity contribution in [3.63, 3.8) is 0 Å². The molecule has 1 amide bonds. The molecular formula is C21H19F2N5O3. The lowest BCUT2D eigenvalue weighted by Crippen LogP contribution is -2.36. The van der Waals surface area contributed by atoms with E-state index in [2.05, 4.69) is 20.3 Å². The van der Waals surface area contributed by atoms with Crippen molar-refractivity contribution in [2.24, 2.45) is 0 Å². The lowest BCUT2D eigenvalue weighted by atomic mass is 10.1. The largest absolute Gasteiger partial charge is 0.480 e. The van der Waals surface area contributed by atoms with Crippen molar-refractivity contribution >= 4 is 22.9 Å². The van der Waals surface area contributed by atoms with E-state index in [0.717, 1.165) is 5.69 Å². The molecule has 2 aliphatic heterocycles. The van der Waals surface area contributed by atoms with Gasteiger partial charge in [0, 0.05) is 49.5 Å². The van der Waals surface area contributed by atoms with Gasteiger partial charge < -0.3 is 19.7 Å². The molecule has 0 bridgehead atoms. The van der Waals surface area contributed by atoms with E-state index in [1.807, 2.05) is 0 Å². The SMILES string of the molecule is O=C(Nc1cc2c(cc1N1CCOCC1)O[C@@]1(C(F)F)CC21)c1cnn2cccnc12. The maximum Gasteiger partial charge on any atom is 0.278 e. The Labute approximate surface area is 175 Å². The molecule has 3 aromatic rings. The number of anilines is 2. The molecule has 160 valence electrons.